The number of urea groups is 1. The first kappa shape index (κ1) is 18.0. The molecular formula is C20H28N6O. The van der Waals surface area contributed by atoms with Crippen molar-refractivity contribution in [1.82, 2.24) is 24.6 Å². The zero-order valence-electron chi connectivity index (χ0n) is 15.9. The van der Waals surface area contributed by atoms with Crippen molar-refractivity contribution in [2.75, 3.05) is 38.5 Å². The standard InChI is InChI=1S/C20H28N6O/c1-24-10-4-17(5-11-24)18-6-12-25(15-18)20(27)22-19-7-13-26(23-19)14-16-2-8-21-9-3-16/h2-3,7-9,13,17-18H,4-6,10-12,14-15H2,1H3,(H,22,23,27). The van der Waals surface area contributed by atoms with Crippen LogP contribution in [0.15, 0.2) is 36.8 Å². The van der Waals surface area contributed by atoms with Crippen LogP contribution in [0, 0.1) is 11.8 Å². The zero-order valence-corrected chi connectivity index (χ0v) is 15.9. The van der Waals surface area contributed by atoms with Gasteiger partial charge >= 0.3 is 6.03 Å². The SMILES string of the molecule is CN1CCC(C2CCN(C(=O)Nc3ccn(Cc4ccncc4)n3)C2)CC1. The second kappa shape index (κ2) is 8.08. The molecule has 4 rings (SSSR count). The summed E-state index contributed by atoms with van der Waals surface area (Å²) >= 11 is 0. The van der Waals surface area contributed by atoms with Crippen LogP contribution in [0.5, 0.6) is 0 Å². The van der Waals surface area contributed by atoms with Gasteiger partial charge in [0.15, 0.2) is 5.82 Å². The largest absolute Gasteiger partial charge is 0.324 e. The Morgan fingerprint density at radius 2 is 1.85 bits per heavy atom. The van der Waals surface area contributed by atoms with Gasteiger partial charge in [0.2, 0.25) is 0 Å². The van der Waals surface area contributed by atoms with E-state index in [-0.39, 0.29) is 6.03 Å². The zero-order chi connectivity index (χ0) is 18.6. The second-order valence-electron chi connectivity index (χ2n) is 7.82. The number of aromatic nitrogens is 3. The van der Waals surface area contributed by atoms with Crippen LogP contribution in [0.1, 0.15) is 24.8 Å². The van der Waals surface area contributed by atoms with E-state index in [4.69, 9.17) is 0 Å². The normalized spacial score (nSPS) is 21.5. The summed E-state index contributed by atoms with van der Waals surface area (Å²) in [5, 5.41) is 7.42. The van der Waals surface area contributed by atoms with Gasteiger partial charge in [-0.15, -0.1) is 0 Å². The Kier molecular flexibility index (Phi) is 5.38. The van der Waals surface area contributed by atoms with Gasteiger partial charge in [0, 0.05) is 37.7 Å². The van der Waals surface area contributed by atoms with Crippen LogP contribution < -0.4 is 5.32 Å². The fourth-order valence-corrected chi connectivity index (χ4v) is 4.24. The smallest absolute Gasteiger partial charge is 0.323 e. The number of carbonyl (C=O) groups excluding carboxylic acids is 1. The molecule has 2 fully saturated rings. The third-order valence-corrected chi connectivity index (χ3v) is 5.91. The summed E-state index contributed by atoms with van der Waals surface area (Å²) in [4.78, 5) is 21.0. The van der Waals surface area contributed by atoms with Gasteiger partial charge in [0.25, 0.3) is 0 Å². The molecule has 0 radical (unpaired) electrons. The van der Waals surface area contributed by atoms with Crippen molar-refractivity contribution in [2.24, 2.45) is 11.8 Å². The Labute approximate surface area is 160 Å². The summed E-state index contributed by atoms with van der Waals surface area (Å²) < 4.78 is 1.83. The van der Waals surface area contributed by atoms with Crippen LogP contribution in [-0.2, 0) is 6.54 Å². The minimum atomic E-state index is -0.0282. The molecule has 27 heavy (non-hydrogen) atoms. The monoisotopic (exact) mass is 368 g/mol. The van der Waals surface area contributed by atoms with E-state index in [0.29, 0.717) is 18.3 Å². The number of piperidine rings is 1. The summed E-state index contributed by atoms with van der Waals surface area (Å²) in [6, 6.07) is 5.75. The van der Waals surface area contributed by atoms with Crippen molar-refractivity contribution in [1.29, 1.82) is 0 Å². The van der Waals surface area contributed by atoms with Gasteiger partial charge in [0.1, 0.15) is 0 Å². The number of hydrogen-bond donors (Lipinski definition) is 1. The molecule has 144 valence electrons. The number of anilines is 1. The Balaban J connectivity index is 1.28. The summed E-state index contributed by atoms with van der Waals surface area (Å²) in [5.41, 5.74) is 1.13. The van der Waals surface area contributed by atoms with Crippen molar-refractivity contribution in [3.05, 3.63) is 42.4 Å². The topological polar surface area (TPSA) is 66.3 Å². The van der Waals surface area contributed by atoms with Crippen molar-refractivity contribution in [3.63, 3.8) is 0 Å². The predicted molar refractivity (Wildman–Crippen MR) is 104 cm³/mol. The number of amides is 2. The number of nitrogens with zero attached hydrogens (tertiary/aromatic N) is 5. The average Bonchev–Trinajstić information content (AvgIpc) is 3.33. The summed E-state index contributed by atoms with van der Waals surface area (Å²) in [6.45, 7) is 4.75. The molecule has 0 bridgehead atoms. The Bertz CT molecular complexity index is 753. The Morgan fingerprint density at radius 3 is 2.63 bits per heavy atom. The van der Waals surface area contributed by atoms with E-state index in [2.05, 4.69) is 27.3 Å². The van der Waals surface area contributed by atoms with E-state index in [1.165, 1.54) is 25.9 Å². The molecule has 1 unspecified atom stereocenters. The van der Waals surface area contributed by atoms with Crippen molar-refractivity contribution >= 4 is 11.8 Å². The maximum atomic E-state index is 12.6. The third kappa shape index (κ3) is 4.47. The highest BCUT2D eigenvalue weighted by atomic mass is 16.2. The number of likely N-dealkylation sites (tertiary alicyclic amines) is 2. The lowest BCUT2D eigenvalue weighted by atomic mass is 9.84. The molecule has 0 aromatic carbocycles. The molecule has 2 aliphatic heterocycles. The highest BCUT2D eigenvalue weighted by molar-refractivity contribution is 5.88. The lowest BCUT2D eigenvalue weighted by Crippen LogP contribution is -2.36. The van der Waals surface area contributed by atoms with Crippen molar-refractivity contribution < 1.29 is 4.79 Å². The maximum absolute atomic E-state index is 12.6. The van der Waals surface area contributed by atoms with Crippen LogP contribution in [0.25, 0.3) is 0 Å². The molecule has 2 saturated heterocycles. The Hall–Kier alpha value is -2.41. The highest BCUT2D eigenvalue weighted by Gasteiger charge is 2.33. The second-order valence-corrected chi connectivity index (χ2v) is 7.82. The number of carbonyl (C=O) groups is 1. The summed E-state index contributed by atoms with van der Waals surface area (Å²) in [7, 11) is 2.19. The molecule has 4 heterocycles. The number of hydrogen-bond acceptors (Lipinski definition) is 4. The van der Waals surface area contributed by atoms with Gasteiger partial charge in [-0.25, -0.2) is 4.79 Å². The average molecular weight is 368 g/mol. The van der Waals surface area contributed by atoms with Gasteiger partial charge in [-0.05, 0) is 68.9 Å². The van der Waals surface area contributed by atoms with E-state index in [1.807, 2.05) is 34.0 Å². The van der Waals surface area contributed by atoms with Gasteiger partial charge < -0.3 is 9.80 Å². The van der Waals surface area contributed by atoms with Crippen molar-refractivity contribution in [2.45, 2.75) is 25.8 Å². The molecule has 7 heteroatoms. The summed E-state index contributed by atoms with van der Waals surface area (Å²) in [6.07, 6.45) is 9.08. The fourth-order valence-electron chi connectivity index (χ4n) is 4.24. The maximum Gasteiger partial charge on any atom is 0.323 e. The molecule has 2 amide bonds. The van der Waals surface area contributed by atoms with Crippen LogP contribution in [0.3, 0.4) is 0 Å². The summed E-state index contributed by atoms with van der Waals surface area (Å²) in [5.74, 6) is 2.02. The molecule has 0 saturated carbocycles. The van der Waals surface area contributed by atoms with Gasteiger partial charge in [-0.1, -0.05) is 0 Å². The molecule has 1 atom stereocenters. The van der Waals surface area contributed by atoms with Gasteiger partial charge in [-0.3, -0.25) is 15.0 Å². The Morgan fingerprint density at radius 1 is 1.11 bits per heavy atom. The minimum Gasteiger partial charge on any atom is -0.324 e. The highest BCUT2D eigenvalue weighted by Crippen LogP contribution is 2.31. The predicted octanol–water partition coefficient (Wildman–Crippen LogP) is 2.52. The van der Waals surface area contributed by atoms with Gasteiger partial charge in [-0.2, -0.15) is 5.10 Å². The van der Waals surface area contributed by atoms with Crippen LogP contribution in [0.4, 0.5) is 10.6 Å². The van der Waals surface area contributed by atoms with Crippen molar-refractivity contribution in [3.8, 4) is 0 Å². The first-order valence-electron chi connectivity index (χ1n) is 9.84. The first-order chi connectivity index (χ1) is 13.2. The first-order valence-corrected chi connectivity index (χ1v) is 9.84. The van der Waals surface area contributed by atoms with E-state index >= 15 is 0 Å². The fraction of sp³-hybridized carbons (Fsp3) is 0.550. The number of nitrogens with one attached hydrogen (secondary N) is 1. The molecule has 0 aliphatic carbocycles. The van der Waals surface area contributed by atoms with Crippen LogP contribution in [0.2, 0.25) is 0 Å². The molecule has 7 nitrogen and oxygen atoms in total. The molecule has 2 aromatic heterocycles. The molecular weight excluding hydrogens is 340 g/mol. The lowest BCUT2D eigenvalue weighted by Gasteiger charge is -2.32. The molecule has 2 aromatic rings. The molecule has 1 N–H and O–H groups in total. The quantitative estimate of drug-likeness (QED) is 0.901. The van der Waals surface area contributed by atoms with E-state index in [1.54, 1.807) is 12.4 Å². The molecule has 0 spiro atoms. The van der Waals surface area contributed by atoms with E-state index in [9.17, 15) is 4.79 Å². The third-order valence-electron chi connectivity index (χ3n) is 5.91. The number of rotatable bonds is 4. The molecule has 2 aliphatic rings. The van der Waals surface area contributed by atoms with Crippen LogP contribution in [-0.4, -0.2) is 63.8 Å². The minimum absolute atomic E-state index is 0.0282. The van der Waals surface area contributed by atoms with Gasteiger partial charge in [0.05, 0.1) is 6.54 Å². The lowest BCUT2D eigenvalue weighted by molar-refractivity contribution is 0.170. The van der Waals surface area contributed by atoms with E-state index < -0.39 is 0 Å². The number of pyridine rings is 1. The van der Waals surface area contributed by atoms with E-state index in [0.717, 1.165) is 31.0 Å². The van der Waals surface area contributed by atoms with Crippen LogP contribution >= 0.6 is 0 Å².